The van der Waals surface area contributed by atoms with E-state index >= 15 is 0 Å². The number of phosphoric ester groups is 2. The van der Waals surface area contributed by atoms with Gasteiger partial charge in [0.25, 0.3) is 0 Å². The zero-order chi connectivity index (χ0) is 44.4. The van der Waals surface area contributed by atoms with Gasteiger partial charge in [-0.2, -0.15) is 0 Å². The Bertz CT molecular complexity index is 1940. The summed E-state index contributed by atoms with van der Waals surface area (Å²) in [4.78, 5) is 25.6. The molecule has 0 saturated carbocycles. The summed E-state index contributed by atoms with van der Waals surface area (Å²) in [5, 5.41) is 0. The Kier molecular flexibility index (Phi) is 18.5. The average Bonchev–Trinajstić information content (AvgIpc) is 3.36. The third-order valence-electron chi connectivity index (χ3n) is 11.2. The second-order valence-electron chi connectivity index (χ2n) is 17.1. The Labute approximate surface area is 368 Å². The van der Waals surface area contributed by atoms with E-state index in [0.717, 1.165) is 95.9 Å². The van der Waals surface area contributed by atoms with Crippen LogP contribution in [0, 0.1) is 0 Å². The van der Waals surface area contributed by atoms with Crippen molar-refractivity contribution in [3.8, 4) is 23.0 Å². The number of benzene rings is 4. The molecule has 4 aromatic carbocycles. The number of hydrogen-bond donors (Lipinski definition) is 1. The molecule has 324 valence electrons. The van der Waals surface area contributed by atoms with E-state index < -0.39 is 15.6 Å². The van der Waals surface area contributed by atoms with Crippen molar-refractivity contribution in [3.63, 3.8) is 0 Å². The molecule has 6 rings (SSSR count). The maximum atomic E-state index is 12.8. The van der Waals surface area contributed by atoms with Gasteiger partial charge in [0.15, 0.2) is 0 Å². The second-order valence-corrected chi connectivity index (χ2v) is 19.6. The summed E-state index contributed by atoms with van der Waals surface area (Å²) in [5.74, 6) is 3.18. The van der Waals surface area contributed by atoms with Crippen molar-refractivity contribution < 1.29 is 41.2 Å². The molecule has 2 unspecified atom stereocenters. The van der Waals surface area contributed by atoms with Crippen LogP contribution >= 0.6 is 15.6 Å². The molecule has 4 bridgehead atoms. The molecule has 12 heteroatoms. The van der Waals surface area contributed by atoms with Crippen LogP contribution in [0.3, 0.4) is 0 Å². The zero-order valence-corrected chi connectivity index (χ0v) is 40.3. The van der Waals surface area contributed by atoms with Crippen LogP contribution < -0.4 is 27.9 Å². The molecule has 0 aromatic heterocycles. The molecule has 0 aliphatic heterocycles. The minimum atomic E-state index is -4.56. The number of hydrogen-bond acceptors (Lipinski definition) is 9. The van der Waals surface area contributed by atoms with Gasteiger partial charge >= 0.3 is 36.4 Å². The van der Waals surface area contributed by atoms with Gasteiger partial charge in [-0.1, -0.05) is 118 Å². The summed E-state index contributed by atoms with van der Waals surface area (Å²) < 4.78 is 54.6. The first-order valence-electron chi connectivity index (χ1n) is 21.6. The monoisotopic (exact) mass is 874 g/mol. The Morgan fingerprint density at radius 2 is 0.783 bits per heavy atom. The summed E-state index contributed by atoms with van der Waals surface area (Å²) in [7, 11) is -9.11. The number of fused-ring (bicyclic) bond motifs is 4. The SMILES string of the molecule is CCc1cc(C(C)C)ccc1OP(=O)([O-])Oc1c2cc(C(C)C)cc1CCCC2.CCc1cc(C(C)C)ccc1OP(=O)([O-])Oc1c2cc(C(C)C)cc1CCCC2.[OH][Al+2]. The van der Waals surface area contributed by atoms with Crippen molar-refractivity contribution in [1.82, 2.24) is 0 Å². The first-order valence-corrected chi connectivity index (χ1v) is 25.1. The summed E-state index contributed by atoms with van der Waals surface area (Å²) in [5.41, 5.74) is 10.4. The van der Waals surface area contributed by atoms with Gasteiger partial charge in [0.05, 0.1) is 0 Å². The van der Waals surface area contributed by atoms with Crippen molar-refractivity contribution in [3.05, 3.63) is 116 Å². The van der Waals surface area contributed by atoms with E-state index in [9.17, 15) is 18.9 Å². The number of aryl methyl sites for hydroxylation is 6. The minimum absolute atomic E-state index is 0.354. The molecule has 2 atom stereocenters. The third kappa shape index (κ3) is 13.5. The van der Waals surface area contributed by atoms with Crippen molar-refractivity contribution in [1.29, 1.82) is 0 Å². The molecule has 0 amide bonds. The van der Waals surface area contributed by atoms with Crippen LogP contribution in [-0.4, -0.2) is 20.8 Å². The van der Waals surface area contributed by atoms with Crippen LogP contribution in [0.4, 0.5) is 0 Å². The first kappa shape index (κ1) is 49.6. The molecular formula is C48H65AlO9P2. The van der Waals surface area contributed by atoms with Gasteiger partial charge in [-0.15, -0.1) is 0 Å². The van der Waals surface area contributed by atoms with Gasteiger partial charge in [0.1, 0.15) is 23.0 Å². The second kappa shape index (κ2) is 22.3. The molecule has 2 aliphatic rings. The molecule has 0 fully saturated rings. The van der Waals surface area contributed by atoms with Crippen LogP contribution in [0.1, 0.15) is 174 Å². The molecule has 0 spiro atoms. The Hall–Kier alpha value is -3.05. The van der Waals surface area contributed by atoms with Crippen LogP contribution in [0.5, 0.6) is 23.0 Å². The van der Waals surface area contributed by atoms with Gasteiger partial charge in [-0.25, -0.2) is 9.13 Å². The van der Waals surface area contributed by atoms with Gasteiger partial charge in [-0.3, -0.25) is 0 Å². The summed E-state index contributed by atoms with van der Waals surface area (Å²) in [6.07, 6.45) is 8.80. The maximum absolute atomic E-state index is 12.8. The van der Waals surface area contributed by atoms with Crippen molar-refractivity contribution in [2.24, 2.45) is 0 Å². The molecule has 4 aromatic rings. The fourth-order valence-corrected chi connectivity index (χ4v) is 9.45. The molecule has 2 aliphatic carbocycles. The van der Waals surface area contributed by atoms with Gasteiger partial charge in [0, 0.05) is 0 Å². The van der Waals surface area contributed by atoms with E-state index in [4.69, 9.17) is 22.3 Å². The van der Waals surface area contributed by atoms with E-state index in [0.29, 0.717) is 59.5 Å². The van der Waals surface area contributed by atoms with Crippen molar-refractivity contribution >= 4 is 32.3 Å². The van der Waals surface area contributed by atoms with E-state index in [-0.39, 0.29) is 0 Å². The standard InChI is InChI=1S/2C24H33O4P.Al.H2O/c2*1-6-18-13-19(16(2)3)11-12-23(18)27-29(25,26)28-24-20-9-7-8-10-21(24)15-22(14-20)17(4)5;;/h2*11-17H,6-10H2,1-5H3,(H,25,26);;1H2/q;;+3;/p-3. The summed E-state index contributed by atoms with van der Waals surface area (Å²) in [6.45, 7) is 21.0. The van der Waals surface area contributed by atoms with Gasteiger partial charge in [0.2, 0.25) is 0 Å². The predicted molar refractivity (Wildman–Crippen MR) is 240 cm³/mol. The molecule has 60 heavy (non-hydrogen) atoms. The van der Waals surface area contributed by atoms with Crippen molar-refractivity contribution in [2.45, 2.75) is 157 Å². The zero-order valence-electron chi connectivity index (χ0n) is 37.3. The molecule has 0 radical (unpaired) electrons. The predicted octanol–water partition coefficient (Wildman–Crippen LogP) is 11.7. The first-order chi connectivity index (χ1) is 28.4. The van der Waals surface area contributed by atoms with E-state index in [1.165, 1.54) is 27.8 Å². The molecule has 1 N–H and O–H groups in total. The van der Waals surface area contributed by atoms with Crippen molar-refractivity contribution in [2.75, 3.05) is 0 Å². The number of rotatable bonds is 14. The summed E-state index contributed by atoms with van der Waals surface area (Å²) >= 11 is 1.42. The molecular weight excluding hydrogens is 809 g/mol. The number of phosphoric acid groups is 2. The van der Waals surface area contributed by atoms with E-state index in [1.807, 2.05) is 38.1 Å². The average molecular weight is 875 g/mol. The van der Waals surface area contributed by atoms with Crippen LogP contribution in [0.15, 0.2) is 60.7 Å². The van der Waals surface area contributed by atoms with E-state index in [2.05, 4.69) is 79.7 Å². The third-order valence-corrected chi connectivity index (χ3v) is 12.9. The van der Waals surface area contributed by atoms with Gasteiger partial charge in [-0.05, 0) is 156 Å². The fraction of sp³-hybridized carbons (Fsp3) is 0.500. The van der Waals surface area contributed by atoms with E-state index in [1.54, 1.807) is 12.1 Å². The quantitative estimate of drug-likeness (QED) is 0.0969. The Morgan fingerprint density at radius 1 is 0.500 bits per heavy atom. The molecule has 0 saturated heterocycles. The van der Waals surface area contributed by atoms with Gasteiger partial charge < -0.3 is 27.9 Å². The van der Waals surface area contributed by atoms with Crippen LogP contribution in [0.25, 0.3) is 0 Å². The summed E-state index contributed by atoms with van der Waals surface area (Å²) in [6, 6.07) is 19.7. The molecule has 9 nitrogen and oxygen atoms in total. The normalized spacial score (nSPS) is 15.4. The fourth-order valence-electron chi connectivity index (χ4n) is 7.62. The Balaban J connectivity index is 0.000000254. The molecule has 0 heterocycles. The topological polar surface area (TPSA) is 137 Å². The van der Waals surface area contributed by atoms with Crippen LogP contribution in [0.2, 0.25) is 0 Å². The Morgan fingerprint density at radius 3 is 1.03 bits per heavy atom. The van der Waals surface area contributed by atoms with Crippen LogP contribution in [-0.2, 0) is 47.7 Å².